The van der Waals surface area contributed by atoms with Gasteiger partial charge in [-0.1, -0.05) is 30.3 Å². The highest BCUT2D eigenvalue weighted by Crippen LogP contribution is 2.19. The zero-order chi connectivity index (χ0) is 34.0. The number of carbonyl (C=O) groups is 5. The van der Waals surface area contributed by atoms with E-state index in [0.29, 0.717) is 11.1 Å². The summed E-state index contributed by atoms with van der Waals surface area (Å²) in [6.45, 7) is 0. The van der Waals surface area contributed by atoms with Crippen molar-refractivity contribution in [2.24, 2.45) is 11.5 Å². The molecule has 16 heteroatoms. The van der Waals surface area contributed by atoms with Gasteiger partial charge in [-0.05, 0) is 42.2 Å². The van der Waals surface area contributed by atoms with Gasteiger partial charge in [0.05, 0.1) is 29.8 Å². The molecule has 4 amide bonds. The number of aliphatic carboxylic acids is 1. The monoisotopic (exact) mass is 653 g/mol. The molecule has 0 saturated carbocycles. The summed E-state index contributed by atoms with van der Waals surface area (Å²) in [6.07, 6.45) is 1.30. The van der Waals surface area contributed by atoms with Gasteiger partial charge in [0.15, 0.2) is 0 Å². The molecule has 1 heterocycles. The van der Waals surface area contributed by atoms with E-state index in [1.807, 2.05) is 30.3 Å². The summed E-state index contributed by atoms with van der Waals surface area (Å²) in [7, 11) is -3.61. The van der Waals surface area contributed by atoms with Crippen molar-refractivity contribution in [2.45, 2.75) is 49.9 Å². The van der Waals surface area contributed by atoms with Crippen LogP contribution in [0.15, 0.2) is 54.7 Å². The molecule has 1 aromatic heterocycles. The van der Waals surface area contributed by atoms with Crippen molar-refractivity contribution in [3.05, 3.63) is 71.4 Å². The van der Waals surface area contributed by atoms with E-state index in [4.69, 9.17) is 16.7 Å². The summed E-state index contributed by atoms with van der Waals surface area (Å²) >= 11 is 0. The number of rotatable bonds is 16. The number of fused-ring (bicyclic) bond motifs is 1. The summed E-state index contributed by atoms with van der Waals surface area (Å²) in [5, 5.41) is 26.2. The summed E-state index contributed by atoms with van der Waals surface area (Å²) in [6, 6.07) is 9.70. The third kappa shape index (κ3) is 10.4. The van der Waals surface area contributed by atoms with Crippen LogP contribution in [0.2, 0.25) is 0 Å². The Kier molecular flexibility index (Phi) is 12.0. The Bertz CT molecular complexity index is 1750. The molecule has 0 radical (unpaired) electrons. The van der Waals surface area contributed by atoms with Crippen LogP contribution >= 0.6 is 0 Å². The van der Waals surface area contributed by atoms with Crippen LogP contribution in [0.1, 0.15) is 29.5 Å². The molecule has 0 fully saturated rings. The Morgan fingerprint density at radius 2 is 1.52 bits per heavy atom. The van der Waals surface area contributed by atoms with Gasteiger partial charge in [0, 0.05) is 29.8 Å². The SMILES string of the molecule is CS(=O)(=O)CC[C@H](NC(=O)[C@H](N)Cc1c[nH]c2ccccc12)C(=O)N[C@@H](CC(=O)O)C(=O)N[C@@H](Cc1ccc(C#N)cc1)C(N)=O. The van der Waals surface area contributed by atoms with Crippen LogP contribution < -0.4 is 27.4 Å². The van der Waals surface area contributed by atoms with Gasteiger partial charge in [-0.3, -0.25) is 24.0 Å². The third-order valence-corrected chi connectivity index (χ3v) is 8.03. The molecule has 0 unspecified atom stereocenters. The highest BCUT2D eigenvalue weighted by Gasteiger charge is 2.32. The van der Waals surface area contributed by atoms with E-state index in [1.54, 1.807) is 18.3 Å². The average Bonchev–Trinajstić information content (AvgIpc) is 3.40. The lowest BCUT2D eigenvalue weighted by Gasteiger charge is -2.25. The Morgan fingerprint density at radius 3 is 2.13 bits per heavy atom. The number of nitriles is 1. The number of carboxylic acids is 1. The van der Waals surface area contributed by atoms with Crippen LogP contribution in [-0.2, 0) is 46.7 Å². The van der Waals surface area contributed by atoms with Crippen LogP contribution in [0, 0.1) is 11.3 Å². The van der Waals surface area contributed by atoms with Crippen molar-refractivity contribution in [2.75, 3.05) is 12.0 Å². The van der Waals surface area contributed by atoms with Crippen LogP contribution in [0.4, 0.5) is 0 Å². The minimum Gasteiger partial charge on any atom is -0.481 e. The van der Waals surface area contributed by atoms with Crippen molar-refractivity contribution < 1.29 is 37.5 Å². The van der Waals surface area contributed by atoms with Crippen molar-refractivity contribution in [3.63, 3.8) is 0 Å². The highest BCUT2D eigenvalue weighted by molar-refractivity contribution is 7.90. The first-order valence-electron chi connectivity index (χ1n) is 14.1. The Balaban J connectivity index is 1.75. The smallest absolute Gasteiger partial charge is 0.305 e. The summed E-state index contributed by atoms with van der Waals surface area (Å²) in [5.74, 6) is -5.82. The Morgan fingerprint density at radius 1 is 0.913 bits per heavy atom. The number of primary amides is 1. The molecule has 0 aliphatic carbocycles. The fourth-order valence-corrected chi connectivity index (χ4v) is 5.28. The number of aromatic nitrogens is 1. The van der Waals surface area contributed by atoms with Gasteiger partial charge in [-0.15, -0.1) is 0 Å². The Hall–Kier alpha value is -5.27. The second-order valence-corrected chi connectivity index (χ2v) is 13.0. The number of nitrogens with two attached hydrogens (primary N) is 2. The number of para-hydroxylation sites is 1. The van der Waals surface area contributed by atoms with E-state index in [2.05, 4.69) is 20.9 Å². The summed E-state index contributed by atoms with van der Waals surface area (Å²) in [4.78, 5) is 66.3. The lowest BCUT2D eigenvalue weighted by atomic mass is 10.0. The van der Waals surface area contributed by atoms with Crippen molar-refractivity contribution in [3.8, 4) is 6.07 Å². The predicted octanol–water partition coefficient (Wildman–Crippen LogP) is -0.999. The minimum atomic E-state index is -3.61. The number of carboxylic acid groups (broad SMARTS) is 1. The lowest BCUT2D eigenvalue weighted by molar-refractivity contribution is -0.141. The number of hydrogen-bond acceptors (Lipinski definition) is 9. The number of hydrogen-bond donors (Lipinski definition) is 7. The molecule has 46 heavy (non-hydrogen) atoms. The number of sulfone groups is 1. The van der Waals surface area contributed by atoms with E-state index in [9.17, 15) is 37.5 Å². The number of aromatic amines is 1. The van der Waals surface area contributed by atoms with E-state index < -0.39 is 82.2 Å². The molecule has 3 rings (SSSR count). The molecule has 0 saturated heterocycles. The molecule has 15 nitrogen and oxygen atoms in total. The lowest BCUT2D eigenvalue weighted by Crippen LogP contribution is -2.58. The molecule has 9 N–H and O–H groups in total. The minimum absolute atomic E-state index is 0.0774. The number of amides is 4. The van der Waals surface area contributed by atoms with Crippen LogP contribution in [-0.4, -0.2) is 84.3 Å². The first kappa shape index (κ1) is 35.2. The number of benzene rings is 2. The summed E-state index contributed by atoms with van der Waals surface area (Å²) < 4.78 is 23.8. The molecule has 0 aliphatic heterocycles. The van der Waals surface area contributed by atoms with Crippen molar-refractivity contribution in [1.82, 2.24) is 20.9 Å². The van der Waals surface area contributed by atoms with Crippen LogP contribution in [0.3, 0.4) is 0 Å². The van der Waals surface area contributed by atoms with E-state index in [-0.39, 0.29) is 12.8 Å². The zero-order valence-corrected chi connectivity index (χ0v) is 25.7. The number of nitrogens with zero attached hydrogens (tertiary/aromatic N) is 1. The van der Waals surface area contributed by atoms with Gasteiger partial charge in [0.25, 0.3) is 0 Å². The van der Waals surface area contributed by atoms with Gasteiger partial charge < -0.3 is 37.5 Å². The molecular weight excluding hydrogens is 618 g/mol. The Labute approximate surface area is 264 Å². The fraction of sp³-hybridized carbons (Fsp3) is 0.333. The molecule has 2 aromatic carbocycles. The summed E-state index contributed by atoms with van der Waals surface area (Å²) in [5.41, 5.74) is 14.0. The van der Waals surface area contributed by atoms with Crippen LogP contribution in [0.25, 0.3) is 10.9 Å². The second-order valence-electron chi connectivity index (χ2n) is 10.8. The molecule has 0 aliphatic rings. The van der Waals surface area contributed by atoms with Gasteiger partial charge in [-0.2, -0.15) is 5.26 Å². The van der Waals surface area contributed by atoms with Gasteiger partial charge in [0.1, 0.15) is 28.0 Å². The number of carbonyl (C=O) groups excluding carboxylic acids is 4. The van der Waals surface area contributed by atoms with Gasteiger partial charge >= 0.3 is 5.97 Å². The van der Waals surface area contributed by atoms with E-state index in [0.717, 1.165) is 22.7 Å². The van der Waals surface area contributed by atoms with Crippen LogP contribution in [0.5, 0.6) is 0 Å². The molecule has 4 atom stereocenters. The number of nitrogens with one attached hydrogen (secondary N) is 4. The molecule has 3 aromatic rings. The topological polar surface area (TPSA) is 267 Å². The first-order chi connectivity index (χ1) is 21.7. The van der Waals surface area contributed by atoms with Gasteiger partial charge in [0.2, 0.25) is 23.6 Å². The van der Waals surface area contributed by atoms with Crippen molar-refractivity contribution >= 4 is 50.3 Å². The maximum atomic E-state index is 13.3. The van der Waals surface area contributed by atoms with Gasteiger partial charge in [-0.25, -0.2) is 8.42 Å². The van der Waals surface area contributed by atoms with E-state index in [1.165, 1.54) is 12.1 Å². The first-order valence-corrected chi connectivity index (χ1v) is 16.1. The van der Waals surface area contributed by atoms with Crippen molar-refractivity contribution in [1.29, 1.82) is 5.26 Å². The molecule has 0 bridgehead atoms. The molecule has 244 valence electrons. The maximum Gasteiger partial charge on any atom is 0.305 e. The third-order valence-electron chi connectivity index (χ3n) is 7.06. The molecule has 0 spiro atoms. The maximum absolute atomic E-state index is 13.3. The zero-order valence-electron chi connectivity index (χ0n) is 24.9. The largest absolute Gasteiger partial charge is 0.481 e. The van der Waals surface area contributed by atoms with E-state index >= 15 is 0 Å². The number of H-pyrrole nitrogens is 1. The quantitative estimate of drug-likeness (QED) is 0.0991. The fourth-order valence-electron chi connectivity index (χ4n) is 4.61. The normalized spacial score (nSPS) is 13.8. The standard InChI is InChI=1S/C30H35N7O8S/c1-46(44,45)11-10-23(35-28(41)21(32)13-19-16-34-22-5-3-2-4-20(19)22)29(42)37-25(14-26(38)39)30(43)36-24(27(33)40)12-17-6-8-18(15-31)9-7-17/h2-9,16,21,23-25,34H,10-14,32H2,1H3,(H2,33,40)(H,35,41)(H,36,43)(H,37,42)(H,38,39)/t21-,23+,24+,25+/m1/s1. The average molecular weight is 654 g/mol. The predicted molar refractivity (Wildman–Crippen MR) is 166 cm³/mol. The second kappa shape index (κ2) is 15.6. The molecular formula is C30H35N7O8S. The highest BCUT2D eigenvalue weighted by atomic mass is 32.2.